The largest absolute Gasteiger partial charge is 0.320 e. The predicted molar refractivity (Wildman–Crippen MR) is 66.8 cm³/mol. The molecule has 0 fully saturated rings. The third-order valence-electron chi connectivity index (χ3n) is 2.20. The molecule has 0 saturated carbocycles. The first-order valence-electron chi connectivity index (χ1n) is 4.41. The van der Waals surface area contributed by atoms with Crippen molar-refractivity contribution < 1.29 is 0 Å². The van der Waals surface area contributed by atoms with Crippen LogP contribution >= 0.6 is 34.5 Å². The second kappa shape index (κ2) is 4.54. The molecule has 0 aliphatic rings. The van der Waals surface area contributed by atoms with Gasteiger partial charge in [-0.25, -0.2) is 0 Å². The van der Waals surface area contributed by atoms with Gasteiger partial charge in [-0.05, 0) is 46.2 Å². The molecule has 2 aromatic rings. The fraction of sp³-hybridized carbons (Fsp3) is 0.0909. The number of thiophene rings is 1. The smallest absolute Gasteiger partial charge is 0.0575 e. The molecule has 15 heavy (non-hydrogen) atoms. The summed E-state index contributed by atoms with van der Waals surface area (Å²) < 4.78 is 0. The molecule has 1 aromatic carbocycles. The summed E-state index contributed by atoms with van der Waals surface area (Å²) in [4.78, 5) is 0. The highest BCUT2D eigenvalue weighted by Crippen LogP contribution is 2.29. The van der Waals surface area contributed by atoms with Gasteiger partial charge in [0.15, 0.2) is 0 Å². The monoisotopic (exact) mass is 257 g/mol. The van der Waals surface area contributed by atoms with Crippen molar-refractivity contribution in [1.29, 1.82) is 0 Å². The van der Waals surface area contributed by atoms with Crippen molar-refractivity contribution in [2.45, 2.75) is 6.04 Å². The lowest BCUT2D eigenvalue weighted by atomic mass is 10.0. The Labute approximate surface area is 102 Å². The highest BCUT2D eigenvalue weighted by atomic mass is 35.5. The van der Waals surface area contributed by atoms with Gasteiger partial charge in [0.05, 0.1) is 6.04 Å². The third-order valence-corrected chi connectivity index (χ3v) is 3.48. The zero-order chi connectivity index (χ0) is 10.8. The lowest BCUT2D eigenvalue weighted by Gasteiger charge is -2.12. The van der Waals surface area contributed by atoms with Crippen LogP contribution in [0.1, 0.15) is 17.2 Å². The molecule has 0 bridgehead atoms. The molecule has 1 atom stereocenters. The van der Waals surface area contributed by atoms with E-state index in [0.29, 0.717) is 10.0 Å². The first-order valence-corrected chi connectivity index (χ1v) is 6.11. The topological polar surface area (TPSA) is 26.0 Å². The van der Waals surface area contributed by atoms with Gasteiger partial charge in [0, 0.05) is 10.0 Å². The van der Waals surface area contributed by atoms with Gasteiger partial charge >= 0.3 is 0 Å². The summed E-state index contributed by atoms with van der Waals surface area (Å²) >= 11 is 13.6. The average Bonchev–Trinajstić information content (AvgIpc) is 2.74. The summed E-state index contributed by atoms with van der Waals surface area (Å²) in [5, 5.41) is 5.31. The number of rotatable bonds is 2. The fourth-order valence-corrected chi connectivity index (χ4v) is 2.50. The summed E-state index contributed by atoms with van der Waals surface area (Å²) in [6.07, 6.45) is 0. The van der Waals surface area contributed by atoms with Crippen molar-refractivity contribution in [2.24, 2.45) is 5.73 Å². The van der Waals surface area contributed by atoms with E-state index >= 15 is 0 Å². The van der Waals surface area contributed by atoms with Crippen molar-refractivity contribution in [2.75, 3.05) is 0 Å². The van der Waals surface area contributed by atoms with Gasteiger partial charge < -0.3 is 5.73 Å². The molecule has 4 heteroatoms. The Balaban J connectivity index is 2.41. The molecule has 2 N–H and O–H groups in total. The second-order valence-electron chi connectivity index (χ2n) is 3.20. The summed E-state index contributed by atoms with van der Waals surface area (Å²) in [5.74, 6) is 0. The number of benzene rings is 1. The van der Waals surface area contributed by atoms with Gasteiger partial charge in [-0.2, -0.15) is 11.3 Å². The zero-order valence-electron chi connectivity index (χ0n) is 7.78. The Kier molecular flexibility index (Phi) is 3.32. The van der Waals surface area contributed by atoms with Crippen molar-refractivity contribution in [3.05, 3.63) is 56.2 Å². The van der Waals surface area contributed by atoms with E-state index in [0.717, 1.165) is 11.1 Å². The minimum Gasteiger partial charge on any atom is -0.320 e. The van der Waals surface area contributed by atoms with E-state index in [9.17, 15) is 0 Å². The normalized spacial score (nSPS) is 12.7. The molecular formula is C11H9Cl2NS. The van der Waals surface area contributed by atoms with Crippen LogP contribution in [-0.4, -0.2) is 0 Å². The Hall–Kier alpha value is -0.540. The van der Waals surface area contributed by atoms with Crippen LogP contribution in [0.5, 0.6) is 0 Å². The van der Waals surface area contributed by atoms with E-state index in [1.165, 1.54) is 0 Å². The standard InChI is InChI=1S/C11H9Cl2NS/c12-8-1-2-10(13)9(5-8)11(14)7-3-4-15-6-7/h1-6,11H,14H2. The number of hydrogen-bond donors (Lipinski definition) is 1. The van der Waals surface area contributed by atoms with Crippen molar-refractivity contribution >= 4 is 34.5 Å². The van der Waals surface area contributed by atoms with E-state index in [2.05, 4.69) is 0 Å². The maximum atomic E-state index is 6.09. The summed E-state index contributed by atoms with van der Waals surface area (Å²) in [7, 11) is 0. The van der Waals surface area contributed by atoms with Gasteiger partial charge in [-0.3, -0.25) is 0 Å². The first-order chi connectivity index (χ1) is 7.18. The molecule has 2 rings (SSSR count). The Morgan fingerprint density at radius 1 is 1.20 bits per heavy atom. The number of nitrogens with two attached hydrogens (primary N) is 1. The fourth-order valence-electron chi connectivity index (χ4n) is 1.38. The third kappa shape index (κ3) is 2.34. The van der Waals surface area contributed by atoms with Gasteiger partial charge in [-0.1, -0.05) is 23.2 Å². The SMILES string of the molecule is NC(c1ccsc1)c1cc(Cl)ccc1Cl. The van der Waals surface area contributed by atoms with Crippen LogP contribution in [0.2, 0.25) is 10.0 Å². The van der Waals surface area contributed by atoms with Gasteiger partial charge in [-0.15, -0.1) is 0 Å². The van der Waals surface area contributed by atoms with E-state index in [1.807, 2.05) is 22.9 Å². The molecule has 0 radical (unpaired) electrons. The lowest BCUT2D eigenvalue weighted by molar-refractivity contribution is 0.877. The van der Waals surface area contributed by atoms with Crippen LogP contribution in [0.15, 0.2) is 35.0 Å². The summed E-state index contributed by atoms with van der Waals surface area (Å²) in [5.41, 5.74) is 8.02. The van der Waals surface area contributed by atoms with Crippen molar-refractivity contribution in [3.63, 3.8) is 0 Å². The van der Waals surface area contributed by atoms with Gasteiger partial charge in [0.2, 0.25) is 0 Å². The van der Waals surface area contributed by atoms with Crippen LogP contribution in [0, 0.1) is 0 Å². The van der Waals surface area contributed by atoms with E-state index in [1.54, 1.807) is 23.5 Å². The Morgan fingerprint density at radius 2 is 2.00 bits per heavy atom. The quantitative estimate of drug-likeness (QED) is 0.862. The van der Waals surface area contributed by atoms with Gasteiger partial charge in [0.25, 0.3) is 0 Å². The summed E-state index contributed by atoms with van der Waals surface area (Å²) in [6.45, 7) is 0. The molecule has 1 unspecified atom stereocenters. The molecule has 0 aliphatic heterocycles. The first kappa shape index (κ1) is 11.0. The summed E-state index contributed by atoms with van der Waals surface area (Å²) in [6, 6.07) is 7.13. The van der Waals surface area contributed by atoms with Crippen molar-refractivity contribution in [3.8, 4) is 0 Å². The van der Waals surface area contributed by atoms with Crippen LogP contribution in [0.3, 0.4) is 0 Å². The molecule has 0 saturated heterocycles. The maximum absolute atomic E-state index is 6.09. The second-order valence-corrected chi connectivity index (χ2v) is 4.82. The minimum atomic E-state index is -0.206. The molecular weight excluding hydrogens is 249 g/mol. The van der Waals surface area contributed by atoms with E-state index < -0.39 is 0 Å². The molecule has 0 amide bonds. The van der Waals surface area contributed by atoms with Crippen molar-refractivity contribution in [1.82, 2.24) is 0 Å². The molecule has 78 valence electrons. The number of halogens is 2. The van der Waals surface area contributed by atoms with Crippen LogP contribution < -0.4 is 5.73 Å². The Bertz CT molecular complexity index is 454. The van der Waals surface area contributed by atoms with E-state index in [-0.39, 0.29) is 6.04 Å². The highest BCUT2D eigenvalue weighted by molar-refractivity contribution is 7.08. The van der Waals surface area contributed by atoms with Crippen LogP contribution in [0.25, 0.3) is 0 Å². The minimum absolute atomic E-state index is 0.206. The number of hydrogen-bond acceptors (Lipinski definition) is 2. The highest BCUT2D eigenvalue weighted by Gasteiger charge is 2.13. The molecule has 0 spiro atoms. The average molecular weight is 258 g/mol. The van der Waals surface area contributed by atoms with Crippen LogP contribution in [-0.2, 0) is 0 Å². The van der Waals surface area contributed by atoms with Crippen LogP contribution in [0.4, 0.5) is 0 Å². The Morgan fingerprint density at radius 3 is 2.67 bits per heavy atom. The maximum Gasteiger partial charge on any atom is 0.0575 e. The van der Waals surface area contributed by atoms with E-state index in [4.69, 9.17) is 28.9 Å². The molecule has 1 aromatic heterocycles. The lowest BCUT2D eigenvalue weighted by Crippen LogP contribution is -2.11. The van der Waals surface area contributed by atoms with Gasteiger partial charge in [0.1, 0.15) is 0 Å². The predicted octanol–water partition coefficient (Wildman–Crippen LogP) is 4.10. The zero-order valence-corrected chi connectivity index (χ0v) is 10.1. The molecule has 1 nitrogen and oxygen atoms in total. The molecule has 1 heterocycles. The molecule has 0 aliphatic carbocycles.